The Labute approximate surface area is 159 Å². The minimum absolute atomic E-state index is 0.0403. The van der Waals surface area contributed by atoms with Gasteiger partial charge in [0.1, 0.15) is 0 Å². The highest BCUT2D eigenvalue weighted by Gasteiger charge is 2.22. The second-order valence-electron chi connectivity index (χ2n) is 6.86. The first-order valence-corrected chi connectivity index (χ1v) is 9.19. The molecule has 1 heterocycles. The molecule has 2 amide bonds. The fraction of sp³-hybridized carbons (Fsp3) is 0.318. The van der Waals surface area contributed by atoms with Crippen molar-refractivity contribution < 1.29 is 14.4 Å². The van der Waals surface area contributed by atoms with Crippen LogP contribution in [0.2, 0.25) is 0 Å². The van der Waals surface area contributed by atoms with Crippen LogP contribution in [0.15, 0.2) is 48.5 Å². The van der Waals surface area contributed by atoms with Crippen molar-refractivity contribution in [2.45, 2.75) is 33.2 Å². The Kier molecular flexibility index (Phi) is 5.69. The molecule has 0 aromatic heterocycles. The molecule has 27 heavy (non-hydrogen) atoms. The van der Waals surface area contributed by atoms with Crippen molar-refractivity contribution in [1.82, 2.24) is 4.90 Å². The van der Waals surface area contributed by atoms with Gasteiger partial charge in [-0.15, -0.1) is 0 Å². The van der Waals surface area contributed by atoms with Crippen LogP contribution in [0, 0.1) is 0 Å². The molecule has 5 nitrogen and oxygen atoms in total. The lowest BCUT2D eigenvalue weighted by Crippen LogP contribution is -2.39. The van der Waals surface area contributed by atoms with Crippen LogP contribution < -0.4 is 4.90 Å². The van der Waals surface area contributed by atoms with E-state index in [0.717, 1.165) is 6.42 Å². The summed E-state index contributed by atoms with van der Waals surface area (Å²) in [6, 6.07) is 15.1. The van der Waals surface area contributed by atoms with Crippen LogP contribution in [-0.2, 0) is 22.6 Å². The summed E-state index contributed by atoms with van der Waals surface area (Å²) in [5, 5.41) is 0. The third-order valence-corrected chi connectivity index (χ3v) is 4.98. The molecule has 2 aromatic rings. The van der Waals surface area contributed by atoms with E-state index in [4.69, 9.17) is 0 Å². The predicted octanol–water partition coefficient (Wildman–Crippen LogP) is 3.22. The van der Waals surface area contributed by atoms with Crippen molar-refractivity contribution in [1.29, 1.82) is 0 Å². The summed E-state index contributed by atoms with van der Waals surface area (Å²) in [5.74, 6) is -0.158. The summed E-state index contributed by atoms with van der Waals surface area (Å²) < 4.78 is 0. The summed E-state index contributed by atoms with van der Waals surface area (Å²) in [7, 11) is 0. The van der Waals surface area contributed by atoms with Gasteiger partial charge < -0.3 is 9.80 Å². The molecule has 0 aliphatic carbocycles. The summed E-state index contributed by atoms with van der Waals surface area (Å²) in [5.41, 5.74) is 3.69. The van der Waals surface area contributed by atoms with Crippen molar-refractivity contribution >= 4 is 23.3 Å². The smallest absolute Gasteiger partial charge is 0.224 e. The van der Waals surface area contributed by atoms with Crippen molar-refractivity contribution in [3.05, 3.63) is 65.2 Å². The number of hydrogen-bond acceptors (Lipinski definition) is 3. The van der Waals surface area contributed by atoms with Gasteiger partial charge in [0.05, 0.1) is 0 Å². The molecule has 0 radical (unpaired) electrons. The van der Waals surface area contributed by atoms with Gasteiger partial charge >= 0.3 is 0 Å². The van der Waals surface area contributed by atoms with Crippen molar-refractivity contribution in [3.8, 4) is 0 Å². The molecule has 1 aliphatic heterocycles. The number of carbonyl (C=O) groups excluding carboxylic acids is 3. The molecule has 0 saturated heterocycles. The number of fused-ring (bicyclic) bond motifs is 1. The topological polar surface area (TPSA) is 57.7 Å². The van der Waals surface area contributed by atoms with Crippen LogP contribution in [0.5, 0.6) is 0 Å². The molecule has 3 rings (SSSR count). The lowest BCUT2D eigenvalue weighted by molar-refractivity contribution is -0.131. The maximum atomic E-state index is 12.7. The fourth-order valence-electron chi connectivity index (χ4n) is 3.44. The molecule has 0 saturated carbocycles. The zero-order chi connectivity index (χ0) is 19.4. The number of nitrogens with zero attached hydrogens (tertiary/aromatic N) is 2. The minimum Gasteiger partial charge on any atom is -0.338 e. The third-order valence-electron chi connectivity index (χ3n) is 4.98. The van der Waals surface area contributed by atoms with Crippen molar-refractivity contribution in [2.24, 2.45) is 0 Å². The first kappa shape index (κ1) is 18.8. The number of benzene rings is 2. The van der Waals surface area contributed by atoms with Gasteiger partial charge in [-0.1, -0.05) is 36.4 Å². The quantitative estimate of drug-likeness (QED) is 0.766. The number of ketones is 1. The highest BCUT2D eigenvalue weighted by atomic mass is 16.2. The number of hydrogen-bond donors (Lipinski definition) is 0. The van der Waals surface area contributed by atoms with E-state index in [1.807, 2.05) is 17.0 Å². The Morgan fingerprint density at radius 1 is 1.00 bits per heavy atom. The Morgan fingerprint density at radius 3 is 2.44 bits per heavy atom. The Balaban J connectivity index is 1.66. The van der Waals surface area contributed by atoms with E-state index in [1.165, 1.54) is 25.0 Å². The third kappa shape index (κ3) is 4.42. The van der Waals surface area contributed by atoms with Crippen LogP contribution in [0.4, 0.5) is 5.69 Å². The first-order valence-electron chi connectivity index (χ1n) is 9.19. The van der Waals surface area contributed by atoms with Gasteiger partial charge in [0.2, 0.25) is 11.8 Å². The van der Waals surface area contributed by atoms with Crippen LogP contribution in [0.3, 0.4) is 0 Å². The summed E-state index contributed by atoms with van der Waals surface area (Å²) in [4.78, 5) is 39.8. The van der Waals surface area contributed by atoms with Gasteiger partial charge in [-0.25, -0.2) is 0 Å². The molecule has 5 heteroatoms. The number of Topliss-reactive ketones (excluding diaryl/α,β-unsaturated/α-hetero) is 1. The van der Waals surface area contributed by atoms with Crippen LogP contribution in [0.1, 0.15) is 41.8 Å². The Morgan fingerprint density at radius 2 is 1.74 bits per heavy atom. The lowest BCUT2D eigenvalue weighted by atomic mass is 10.00. The average Bonchev–Trinajstić information content (AvgIpc) is 2.67. The summed E-state index contributed by atoms with van der Waals surface area (Å²) in [6.07, 6.45) is 1.12. The maximum Gasteiger partial charge on any atom is 0.224 e. The van der Waals surface area contributed by atoms with Gasteiger partial charge in [-0.2, -0.15) is 0 Å². The number of carbonyl (C=O) groups is 3. The molecule has 0 bridgehead atoms. The SMILES string of the molecule is CC(=O)c1cccc(N(CCC(=O)N2CCc3ccccc3C2)C(C)=O)c1. The van der Waals surface area contributed by atoms with Crippen molar-refractivity contribution in [2.75, 3.05) is 18.0 Å². The molecule has 0 fully saturated rings. The lowest BCUT2D eigenvalue weighted by Gasteiger charge is -2.30. The predicted molar refractivity (Wildman–Crippen MR) is 105 cm³/mol. The van der Waals surface area contributed by atoms with E-state index < -0.39 is 0 Å². The van der Waals surface area contributed by atoms with Crippen LogP contribution in [0.25, 0.3) is 0 Å². The van der Waals surface area contributed by atoms with Gasteiger partial charge in [0.15, 0.2) is 5.78 Å². The first-order chi connectivity index (χ1) is 13.0. The molecule has 0 unspecified atom stereocenters. The van der Waals surface area contributed by atoms with E-state index in [1.54, 1.807) is 29.2 Å². The second-order valence-corrected chi connectivity index (χ2v) is 6.86. The minimum atomic E-state index is -0.146. The zero-order valence-corrected chi connectivity index (χ0v) is 15.8. The van der Waals surface area contributed by atoms with E-state index >= 15 is 0 Å². The summed E-state index contributed by atoms with van der Waals surface area (Å²) in [6.45, 7) is 4.59. The molecule has 0 N–H and O–H groups in total. The average molecular weight is 364 g/mol. The van der Waals surface area contributed by atoms with Gasteiger partial charge in [-0.05, 0) is 36.6 Å². The molecular formula is C22H24N2O3. The van der Waals surface area contributed by atoms with Crippen molar-refractivity contribution in [3.63, 3.8) is 0 Å². The van der Waals surface area contributed by atoms with Gasteiger partial charge in [0, 0.05) is 44.2 Å². The number of anilines is 1. The second kappa shape index (κ2) is 8.16. The van der Waals surface area contributed by atoms with E-state index in [0.29, 0.717) is 30.9 Å². The summed E-state index contributed by atoms with van der Waals surface area (Å²) >= 11 is 0. The molecule has 2 aromatic carbocycles. The van der Waals surface area contributed by atoms with Gasteiger partial charge in [-0.3, -0.25) is 14.4 Å². The van der Waals surface area contributed by atoms with Crippen LogP contribution >= 0.6 is 0 Å². The molecule has 1 aliphatic rings. The number of rotatable bonds is 5. The monoisotopic (exact) mass is 364 g/mol. The van der Waals surface area contributed by atoms with E-state index in [2.05, 4.69) is 12.1 Å². The highest BCUT2D eigenvalue weighted by Crippen LogP contribution is 2.21. The van der Waals surface area contributed by atoms with E-state index in [-0.39, 0.29) is 24.0 Å². The maximum absolute atomic E-state index is 12.7. The molecular weight excluding hydrogens is 340 g/mol. The van der Waals surface area contributed by atoms with Crippen LogP contribution in [-0.4, -0.2) is 35.6 Å². The molecule has 140 valence electrons. The Hall–Kier alpha value is -2.95. The zero-order valence-electron chi connectivity index (χ0n) is 15.8. The van der Waals surface area contributed by atoms with E-state index in [9.17, 15) is 14.4 Å². The largest absolute Gasteiger partial charge is 0.338 e. The number of amides is 2. The molecule has 0 spiro atoms. The Bertz CT molecular complexity index is 875. The fourth-order valence-corrected chi connectivity index (χ4v) is 3.44. The highest BCUT2D eigenvalue weighted by molar-refractivity contribution is 5.97. The normalized spacial score (nSPS) is 13.0. The standard InChI is InChI=1S/C22H24N2O3/c1-16(25)19-8-5-9-21(14-19)24(17(2)26)13-11-22(27)23-12-10-18-6-3-4-7-20(18)15-23/h3-9,14H,10-13,15H2,1-2H3. The molecule has 0 atom stereocenters. The van der Waals surface area contributed by atoms with Gasteiger partial charge in [0.25, 0.3) is 0 Å².